The molecule has 1 atom stereocenters. The van der Waals surface area contributed by atoms with Crippen molar-refractivity contribution < 1.29 is 5.11 Å². The molecule has 0 fully saturated rings. The molecule has 0 aliphatic carbocycles. The Bertz CT molecular complexity index is 402. The number of aromatic nitrogens is 1. The van der Waals surface area contributed by atoms with Crippen molar-refractivity contribution in [3.05, 3.63) is 23.4 Å². The molecule has 1 heterocycles. The van der Waals surface area contributed by atoms with Crippen molar-refractivity contribution in [2.45, 2.75) is 51.7 Å². The van der Waals surface area contributed by atoms with E-state index >= 15 is 0 Å². The fraction of sp³-hybridized carbons (Fsp3) is 0.667. The van der Waals surface area contributed by atoms with E-state index in [0.717, 1.165) is 17.3 Å². The number of thioether (sulfide) groups is 1. The van der Waals surface area contributed by atoms with E-state index in [1.165, 1.54) is 11.1 Å². The first-order valence-corrected chi connectivity index (χ1v) is 7.74. The lowest BCUT2D eigenvalue weighted by Gasteiger charge is -2.20. The number of hydrogen-bond acceptors (Lipinski definition) is 4. The zero-order valence-electron chi connectivity index (χ0n) is 12.7. The summed E-state index contributed by atoms with van der Waals surface area (Å²) in [4.78, 5) is 4.53. The van der Waals surface area contributed by atoms with Crippen molar-refractivity contribution in [3.63, 3.8) is 0 Å². The zero-order chi connectivity index (χ0) is 14.5. The minimum atomic E-state index is 0.123. The lowest BCUT2D eigenvalue weighted by Crippen LogP contribution is -2.35. The molecule has 0 aromatic carbocycles. The van der Waals surface area contributed by atoms with Crippen LogP contribution in [0.5, 0.6) is 0 Å². The summed E-state index contributed by atoms with van der Waals surface area (Å²) in [7, 11) is 0. The Morgan fingerprint density at radius 2 is 2.11 bits per heavy atom. The molecule has 0 spiro atoms. The Morgan fingerprint density at radius 1 is 1.42 bits per heavy atom. The molecule has 1 unspecified atom stereocenters. The molecule has 2 N–H and O–H groups in total. The highest BCUT2D eigenvalue weighted by Gasteiger charge is 2.10. The van der Waals surface area contributed by atoms with Gasteiger partial charge in [0.15, 0.2) is 0 Å². The minimum absolute atomic E-state index is 0.123. The number of hydrogen-bond donors (Lipinski definition) is 2. The molecule has 0 saturated heterocycles. The molecule has 3 nitrogen and oxygen atoms in total. The lowest BCUT2D eigenvalue weighted by molar-refractivity contribution is 0.250. The summed E-state index contributed by atoms with van der Waals surface area (Å²) in [6.45, 7) is 11.7. The van der Waals surface area contributed by atoms with E-state index in [2.05, 4.69) is 44.1 Å². The summed E-state index contributed by atoms with van der Waals surface area (Å²) in [5, 5.41) is 13.6. The van der Waals surface area contributed by atoms with Crippen LogP contribution in [0.15, 0.2) is 17.3 Å². The van der Waals surface area contributed by atoms with Gasteiger partial charge in [0.2, 0.25) is 0 Å². The van der Waals surface area contributed by atoms with Crippen LogP contribution in [0.1, 0.15) is 38.8 Å². The van der Waals surface area contributed by atoms with Crippen molar-refractivity contribution in [1.29, 1.82) is 0 Å². The highest BCUT2D eigenvalue weighted by Crippen LogP contribution is 2.22. The predicted octanol–water partition coefficient (Wildman–Crippen LogP) is 3.00. The Kier molecular flexibility index (Phi) is 6.30. The molecule has 108 valence electrons. The van der Waals surface area contributed by atoms with Crippen molar-refractivity contribution in [2.24, 2.45) is 5.92 Å². The molecule has 0 bridgehead atoms. The van der Waals surface area contributed by atoms with Crippen molar-refractivity contribution in [1.82, 2.24) is 10.3 Å². The average Bonchev–Trinajstić information content (AvgIpc) is 2.34. The molecule has 1 rings (SSSR count). The second-order valence-corrected chi connectivity index (χ2v) is 7.18. The molecule has 4 heteroatoms. The summed E-state index contributed by atoms with van der Waals surface area (Å²) in [6.07, 6.45) is 1.94. The second kappa shape index (κ2) is 7.27. The number of pyridine rings is 1. The third kappa shape index (κ3) is 6.41. The smallest absolute Gasteiger partial charge is 0.0989 e. The van der Waals surface area contributed by atoms with Gasteiger partial charge in [-0.05, 0) is 44.7 Å². The fourth-order valence-electron chi connectivity index (χ4n) is 1.51. The van der Waals surface area contributed by atoms with E-state index in [1.54, 1.807) is 11.8 Å². The van der Waals surface area contributed by atoms with Gasteiger partial charge < -0.3 is 10.4 Å². The Hall–Kier alpha value is -0.580. The third-order valence-electron chi connectivity index (χ3n) is 2.73. The number of nitrogens with zero attached hydrogens (tertiary/aromatic N) is 1. The Labute approximate surface area is 121 Å². The number of nitrogens with one attached hydrogen (secondary N) is 1. The molecule has 0 amide bonds. The molecule has 0 radical (unpaired) electrons. The van der Waals surface area contributed by atoms with Crippen LogP contribution in [-0.4, -0.2) is 28.0 Å². The van der Waals surface area contributed by atoms with Gasteiger partial charge in [-0.3, -0.25) is 0 Å². The normalized spacial score (nSPS) is 13.6. The summed E-state index contributed by atoms with van der Waals surface area (Å²) >= 11 is 1.72. The van der Waals surface area contributed by atoms with E-state index in [4.69, 9.17) is 5.11 Å². The van der Waals surface area contributed by atoms with Crippen LogP contribution in [0, 0.1) is 12.8 Å². The largest absolute Gasteiger partial charge is 0.396 e. The van der Waals surface area contributed by atoms with Crippen LogP contribution in [0.3, 0.4) is 0 Å². The van der Waals surface area contributed by atoms with Gasteiger partial charge in [-0.2, -0.15) is 0 Å². The number of aliphatic hydroxyl groups is 1. The van der Waals surface area contributed by atoms with E-state index < -0.39 is 0 Å². The monoisotopic (exact) mass is 282 g/mol. The van der Waals surface area contributed by atoms with Crippen LogP contribution < -0.4 is 5.32 Å². The second-order valence-electron chi connectivity index (χ2n) is 6.17. The van der Waals surface area contributed by atoms with Gasteiger partial charge in [0.05, 0.1) is 5.03 Å². The SMILES string of the molecule is Cc1cc(CNC(C)(C)C)cnc1SCC(C)CO. The van der Waals surface area contributed by atoms with Gasteiger partial charge >= 0.3 is 0 Å². The van der Waals surface area contributed by atoms with Crippen LogP contribution in [0.25, 0.3) is 0 Å². The Morgan fingerprint density at radius 3 is 2.63 bits per heavy atom. The summed E-state index contributed by atoms with van der Waals surface area (Å²) in [5.74, 6) is 1.22. The highest BCUT2D eigenvalue weighted by molar-refractivity contribution is 7.99. The summed E-state index contributed by atoms with van der Waals surface area (Å²) in [5.41, 5.74) is 2.55. The first kappa shape index (κ1) is 16.5. The number of rotatable bonds is 6. The molecule has 0 aliphatic rings. The first-order chi connectivity index (χ1) is 8.81. The maximum Gasteiger partial charge on any atom is 0.0989 e. The molecule has 1 aromatic rings. The molecule has 0 aliphatic heterocycles. The topological polar surface area (TPSA) is 45.2 Å². The van der Waals surface area contributed by atoms with Crippen LogP contribution in [0.4, 0.5) is 0 Å². The molecule has 0 saturated carbocycles. The van der Waals surface area contributed by atoms with Gasteiger partial charge in [0.25, 0.3) is 0 Å². The van der Waals surface area contributed by atoms with Crippen LogP contribution in [-0.2, 0) is 6.54 Å². The van der Waals surface area contributed by atoms with Gasteiger partial charge in [0, 0.05) is 30.6 Å². The van der Waals surface area contributed by atoms with E-state index in [-0.39, 0.29) is 12.1 Å². The predicted molar refractivity (Wildman–Crippen MR) is 82.5 cm³/mol. The van der Waals surface area contributed by atoms with Gasteiger partial charge in [0.1, 0.15) is 0 Å². The van der Waals surface area contributed by atoms with Crippen molar-refractivity contribution in [3.8, 4) is 0 Å². The van der Waals surface area contributed by atoms with Crippen molar-refractivity contribution in [2.75, 3.05) is 12.4 Å². The molecular formula is C15H26N2OS. The minimum Gasteiger partial charge on any atom is -0.396 e. The molecule has 19 heavy (non-hydrogen) atoms. The quantitative estimate of drug-likeness (QED) is 0.787. The summed E-state index contributed by atoms with van der Waals surface area (Å²) in [6, 6.07) is 2.19. The molecular weight excluding hydrogens is 256 g/mol. The molecule has 1 aromatic heterocycles. The first-order valence-electron chi connectivity index (χ1n) is 6.76. The Balaban J connectivity index is 2.59. The number of aryl methyl sites for hydroxylation is 1. The fourth-order valence-corrected chi connectivity index (χ4v) is 2.47. The number of aliphatic hydroxyl groups excluding tert-OH is 1. The zero-order valence-corrected chi connectivity index (χ0v) is 13.5. The lowest BCUT2D eigenvalue weighted by atomic mass is 10.1. The van der Waals surface area contributed by atoms with Gasteiger partial charge in [-0.25, -0.2) is 4.98 Å². The van der Waals surface area contributed by atoms with Gasteiger partial charge in [-0.15, -0.1) is 11.8 Å². The van der Waals surface area contributed by atoms with E-state index in [0.29, 0.717) is 5.92 Å². The van der Waals surface area contributed by atoms with Crippen LogP contribution >= 0.6 is 11.8 Å². The average molecular weight is 282 g/mol. The maximum absolute atomic E-state index is 9.03. The van der Waals surface area contributed by atoms with Crippen molar-refractivity contribution >= 4 is 11.8 Å². The summed E-state index contributed by atoms with van der Waals surface area (Å²) < 4.78 is 0. The van der Waals surface area contributed by atoms with E-state index in [9.17, 15) is 0 Å². The third-order valence-corrected chi connectivity index (χ3v) is 4.16. The van der Waals surface area contributed by atoms with Gasteiger partial charge in [-0.1, -0.05) is 13.0 Å². The maximum atomic E-state index is 9.03. The highest BCUT2D eigenvalue weighted by atomic mass is 32.2. The standard InChI is InChI=1S/C15H26N2OS/c1-11(9-18)10-19-14-12(2)6-13(7-16-14)8-17-15(3,4)5/h6-7,11,17-18H,8-10H2,1-5H3. The van der Waals surface area contributed by atoms with E-state index in [1.807, 2.05) is 13.1 Å². The van der Waals surface area contributed by atoms with Crippen LogP contribution in [0.2, 0.25) is 0 Å².